The fraction of sp³-hybridized carbons (Fsp3) is 0.235. The smallest absolute Gasteiger partial charge is 0.259 e. The van der Waals surface area contributed by atoms with Gasteiger partial charge in [0.1, 0.15) is 11.8 Å². The molecule has 130 valence electrons. The Morgan fingerprint density at radius 2 is 2.04 bits per heavy atom. The topological polar surface area (TPSA) is 79.2 Å². The van der Waals surface area contributed by atoms with Crippen molar-refractivity contribution in [3.05, 3.63) is 61.7 Å². The predicted molar refractivity (Wildman–Crippen MR) is 96.3 cm³/mol. The summed E-state index contributed by atoms with van der Waals surface area (Å²) in [5, 5.41) is 4.79. The third kappa shape index (κ3) is 3.27. The van der Waals surface area contributed by atoms with Crippen molar-refractivity contribution in [2.75, 3.05) is 7.05 Å². The van der Waals surface area contributed by atoms with E-state index in [0.29, 0.717) is 28.9 Å². The Morgan fingerprint density at radius 3 is 2.76 bits per heavy atom. The summed E-state index contributed by atoms with van der Waals surface area (Å²) in [6, 6.07) is 3.02. The van der Waals surface area contributed by atoms with Crippen molar-refractivity contribution in [2.24, 2.45) is 0 Å². The summed E-state index contributed by atoms with van der Waals surface area (Å²) in [6.45, 7) is 2.25. The standard InChI is InChI=1S/C17H15Cl2N3O3/c1-3-14-9(8-25-21-14)7-22(2)17(24)11-6-20-15-5-13(19)12(18)4-10(15)16(11)23/h4-6,8H,3,7H2,1-2H3,(H,20,23). The second-order valence-corrected chi connectivity index (χ2v) is 6.46. The molecule has 25 heavy (non-hydrogen) atoms. The number of amides is 1. The minimum atomic E-state index is -0.405. The lowest BCUT2D eigenvalue weighted by Crippen LogP contribution is -2.31. The van der Waals surface area contributed by atoms with Crippen LogP contribution in [-0.4, -0.2) is 28.0 Å². The van der Waals surface area contributed by atoms with Gasteiger partial charge in [-0.25, -0.2) is 0 Å². The number of nitrogens with one attached hydrogen (secondary N) is 1. The maximum Gasteiger partial charge on any atom is 0.259 e. The molecular formula is C17H15Cl2N3O3. The monoisotopic (exact) mass is 379 g/mol. The van der Waals surface area contributed by atoms with E-state index < -0.39 is 11.3 Å². The summed E-state index contributed by atoms with van der Waals surface area (Å²) in [5.74, 6) is -0.405. The molecule has 0 unspecified atom stereocenters. The van der Waals surface area contributed by atoms with Crippen molar-refractivity contribution in [3.63, 3.8) is 0 Å². The Labute approximate surface area is 153 Å². The molecule has 0 saturated carbocycles. The van der Waals surface area contributed by atoms with Crippen molar-refractivity contribution in [2.45, 2.75) is 19.9 Å². The molecule has 8 heteroatoms. The molecule has 0 bridgehead atoms. The number of benzene rings is 1. The highest BCUT2D eigenvalue weighted by Crippen LogP contribution is 2.25. The minimum Gasteiger partial charge on any atom is -0.364 e. The number of aromatic amines is 1. The van der Waals surface area contributed by atoms with Gasteiger partial charge in [0.2, 0.25) is 5.43 Å². The number of halogens is 2. The first-order chi connectivity index (χ1) is 11.9. The van der Waals surface area contributed by atoms with Crippen molar-refractivity contribution in [1.29, 1.82) is 0 Å². The van der Waals surface area contributed by atoms with Gasteiger partial charge < -0.3 is 14.4 Å². The minimum absolute atomic E-state index is 0.0305. The van der Waals surface area contributed by atoms with Crippen LogP contribution in [0.25, 0.3) is 10.9 Å². The fourth-order valence-corrected chi connectivity index (χ4v) is 2.93. The highest BCUT2D eigenvalue weighted by Gasteiger charge is 2.19. The van der Waals surface area contributed by atoms with Crippen molar-refractivity contribution >= 4 is 40.0 Å². The molecule has 1 aromatic carbocycles. The van der Waals surface area contributed by atoms with Gasteiger partial charge in [-0.05, 0) is 18.6 Å². The van der Waals surface area contributed by atoms with E-state index >= 15 is 0 Å². The van der Waals surface area contributed by atoms with Gasteiger partial charge in [-0.1, -0.05) is 35.3 Å². The van der Waals surface area contributed by atoms with Gasteiger partial charge in [0, 0.05) is 24.2 Å². The molecule has 0 radical (unpaired) electrons. The zero-order valence-electron chi connectivity index (χ0n) is 13.6. The molecule has 6 nitrogen and oxygen atoms in total. The number of nitrogens with zero attached hydrogens (tertiary/aromatic N) is 2. The first-order valence-corrected chi connectivity index (χ1v) is 8.36. The van der Waals surface area contributed by atoms with Crippen LogP contribution in [-0.2, 0) is 13.0 Å². The first kappa shape index (κ1) is 17.5. The molecule has 0 aliphatic rings. The Kier molecular flexibility index (Phi) is 4.83. The maximum absolute atomic E-state index is 12.7. The van der Waals surface area contributed by atoms with E-state index in [0.717, 1.165) is 11.3 Å². The lowest BCUT2D eigenvalue weighted by Gasteiger charge is -2.16. The summed E-state index contributed by atoms with van der Waals surface area (Å²) < 4.78 is 4.95. The number of rotatable bonds is 4. The SMILES string of the molecule is CCc1nocc1CN(C)C(=O)c1c[nH]c2cc(Cl)c(Cl)cc2c1=O. The van der Waals surface area contributed by atoms with Crippen LogP contribution in [0.3, 0.4) is 0 Å². The maximum atomic E-state index is 12.7. The molecule has 0 saturated heterocycles. The highest BCUT2D eigenvalue weighted by molar-refractivity contribution is 6.42. The molecule has 0 spiro atoms. The molecule has 1 N–H and O–H groups in total. The van der Waals surface area contributed by atoms with Crippen LogP contribution in [0.5, 0.6) is 0 Å². The van der Waals surface area contributed by atoms with Crippen LogP contribution in [0, 0.1) is 0 Å². The number of fused-ring (bicyclic) bond motifs is 1. The molecule has 0 fully saturated rings. The fourth-order valence-electron chi connectivity index (χ4n) is 2.61. The molecule has 0 atom stereocenters. The van der Waals surface area contributed by atoms with Crippen molar-refractivity contribution in [3.8, 4) is 0 Å². The lowest BCUT2D eigenvalue weighted by atomic mass is 10.1. The van der Waals surface area contributed by atoms with Gasteiger partial charge in [-0.2, -0.15) is 0 Å². The zero-order valence-corrected chi connectivity index (χ0v) is 15.1. The number of pyridine rings is 1. The largest absolute Gasteiger partial charge is 0.364 e. The van der Waals surface area contributed by atoms with Crippen molar-refractivity contribution in [1.82, 2.24) is 15.0 Å². The molecule has 2 aromatic heterocycles. The van der Waals surface area contributed by atoms with Gasteiger partial charge in [-0.3, -0.25) is 9.59 Å². The number of carbonyl (C=O) groups excluding carboxylic acids is 1. The first-order valence-electron chi connectivity index (χ1n) is 7.60. The van der Waals surface area contributed by atoms with Crippen LogP contribution < -0.4 is 5.43 Å². The third-order valence-corrected chi connectivity index (χ3v) is 4.69. The molecule has 3 aromatic rings. The second-order valence-electron chi connectivity index (χ2n) is 5.64. The predicted octanol–water partition coefficient (Wildman–Crippen LogP) is 3.66. The number of aromatic nitrogens is 2. The highest BCUT2D eigenvalue weighted by atomic mass is 35.5. The molecular weight excluding hydrogens is 365 g/mol. The van der Waals surface area contributed by atoms with E-state index in [1.165, 1.54) is 23.4 Å². The molecule has 0 aliphatic heterocycles. The number of carbonyl (C=O) groups is 1. The quantitative estimate of drug-likeness (QED) is 0.749. The van der Waals surface area contributed by atoms with E-state index in [-0.39, 0.29) is 10.6 Å². The van der Waals surface area contributed by atoms with Gasteiger partial charge in [0.05, 0.1) is 27.8 Å². The number of hydrogen-bond acceptors (Lipinski definition) is 4. The van der Waals surface area contributed by atoms with E-state index in [1.807, 2.05) is 6.92 Å². The average molecular weight is 380 g/mol. The van der Waals surface area contributed by atoms with Crippen LogP contribution in [0.15, 0.2) is 33.9 Å². The van der Waals surface area contributed by atoms with Gasteiger partial charge in [0.25, 0.3) is 5.91 Å². The Balaban J connectivity index is 1.95. The van der Waals surface area contributed by atoms with Crippen LogP contribution in [0.1, 0.15) is 28.5 Å². The molecule has 1 amide bonds. The van der Waals surface area contributed by atoms with E-state index in [1.54, 1.807) is 13.1 Å². The summed E-state index contributed by atoms with van der Waals surface area (Å²) in [4.78, 5) is 29.7. The molecule has 2 heterocycles. The van der Waals surface area contributed by atoms with E-state index in [2.05, 4.69) is 10.1 Å². The van der Waals surface area contributed by atoms with Gasteiger partial charge in [0.15, 0.2) is 0 Å². The van der Waals surface area contributed by atoms with Crippen LogP contribution in [0.2, 0.25) is 10.0 Å². The summed E-state index contributed by atoms with van der Waals surface area (Å²) in [7, 11) is 1.62. The van der Waals surface area contributed by atoms with Crippen LogP contribution in [0.4, 0.5) is 0 Å². The Morgan fingerprint density at radius 1 is 1.32 bits per heavy atom. The normalized spacial score (nSPS) is 11.0. The molecule has 0 aliphatic carbocycles. The Hall–Kier alpha value is -2.31. The lowest BCUT2D eigenvalue weighted by molar-refractivity contribution is 0.0783. The number of aryl methyl sites for hydroxylation is 1. The Bertz CT molecular complexity index is 1010. The summed E-state index contributed by atoms with van der Waals surface area (Å²) in [5.41, 5.74) is 1.75. The summed E-state index contributed by atoms with van der Waals surface area (Å²) in [6.07, 6.45) is 3.60. The van der Waals surface area contributed by atoms with Gasteiger partial charge >= 0.3 is 0 Å². The number of hydrogen-bond donors (Lipinski definition) is 1. The third-order valence-electron chi connectivity index (χ3n) is 3.97. The zero-order chi connectivity index (χ0) is 18.1. The summed E-state index contributed by atoms with van der Waals surface area (Å²) >= 11 is 11.9. The van der Waals surface area contributed by atoms with E-state index in [9.17, 15) is 9.59 Å². The van der Waals surface area contributed by atoms with Crippen LogP contribution >= 0.6 is 23.2 Å². The average Bonchev–Trinajstić information content (AvgIpc) is 3.03. The van der Waals surface area contributed by atoms with Gasteiger partial charge in [-0.15, -0.1) is 0 Å². The van der Waals surface area contributed by atoms with E-state index in [4.69, 9.17) is 27.7 Å². The molecule has 3 rings (SSSR count). The number of H-pyrrole nitrogens is 1. The van der Waals surface area contributed by atoms with Crippen molar-refractivity contribution < 1.29 is 9.32 Å². The second kappa shape index (κ2) is 6.90.